The quantitative estimate of drug-likeness (QED) is 0.420. The van der Waals surface area contributed by atoms with Gasteiger partial charge < -0.3 is 20.3 Å². The van der Waals surface area contributed by atoms with Crippen LogP contribution in [0.5, 0.6) is 5.88 Å². The van der Waals surface area contributed by atoms with E-state index >= 15 is 0 Å². The van der Waals surface area contributed by atoms with Crippen molar-refractivity contribution in [2.24, 2.45) is 0 Å². The van der Waals surface area contributed by atoms with Crippen LogP contribution in [0.25, 0.3) is 20.4 Å². The van der Waals surface area contributed by atoms with Crippen molar-refractivity contribution in [1.29, 1.82) is 0 Å². The van der Waals surface area contributed by atoms with E-state index in [0.29, 0.717) is 35.9 Å². The van der Waals surface area contributed by atoms with Crippen LogP contribution in [0.1, 0.15) is 22.8 Å². The largest absolute Gasteiger partial charge is 0.477 e. The Hall–Kier alpha value is -3.51. The molecule has 1 saturated heterocycles. The van der Waals surface area contributed by atoms with Crippen LogP contribution < -0.4 is 20.3 Å². The summed E-state index contributed by atoms with van der Waals surface area (Å²) in [6, 6.07) is 9.07. The molecular weight excluding hydrogens is 481 g/mol. The van der Waals surface area contributed by atoms with Gasteiger partial charge in [0.2, 0.25) is 11.8 Å². The van der Waals surface area contributed by atoms with Crippen molar-refractivity contribution in [2.75, 3.05) is 43.0 Å². The van der Waals surface area contributed by atoms with Gasteiger partial charge in [0.05, 0.1) is 17.6 Å². The summed E-state index contributed by atoms with van der Waals surface area (Å²) in [5, 5.41) is 5.58. The molecule has 2 N–H and O–H groups in total. The Labute approximate surface area is 202 Å². The minimum Gasteiger partial charge on any atom is -0.477 e. The van der Waals surface area contributed by atoms with E-state index in [1.165, 1.54) is 0 Å². The maximum absolute atomic E-state index is 14.2. The minimum atomic E-state index is -4.70. The Balaban J connectivity index is 1.68. The molecule has 1 fully saturated rings. The molecule has 0 radical (unpaired) electrons. The number of piperazine rings is 1. The van der Waals surface area contributed by atoms with Crippen LogP contribution in [0.4, 0.5) is 24.9 Å². The number of ether oxygens (including phenoxy) is 1. The molecule has 0 bridgehead atoms. The number of hydrogen-bond acceptors (Lipinski definition) is 8. The molecule has 0 unspecified atom stereocenters. The third kappa shape index (κ3) is 4.58. The predicted molar refractivity (Wildman–Crippen MR) is 128 cm³/mol. The number of halogens is 3. The predicted octanol–water partition coefficient (Wildman–Crippen LogP) is 4.32. The number of thiophene rings is 1. The molecule has 1 aromatic carbocycles. The molecule has 182 valence electrons. The fraction of sp³-hybridized carbons (Fsp3) is 0.304. The SMILES string of the molecule is CCOc1nc(N2CCNCC2)nc2c1sc1nc(NC(=O)c3ccccc3)cc(C(F)(F)F)c12. The van der Waals surface area contributed by atoms with E-state index in [1.54, 1.807) is 37.3 Å². The third-order valence-electron chi connectivity index (χ3n) is 5.51. The zero-order valence-corrected chi connectivity index (χ0v) is 19.5. The molecule has 0 spiro atoms. The average Bonchev–Trinajstić information content (AvgIpc) is 3.23. The van der Waals surface area contributed by atoms with E-state index in [0.717, 1.165) is 30.5 Å². The highest BCUT2D eigenvalue weighted by molar-refractivity contribution is 7.25. The Morgan fingerprint density at radius 2 is 1.91 bits per heavy atom. The highest BCUT2D eigenvalue weighted by Crippen LogP contribution is 2.44. The number of aromatic nitrogens is 3. The van der Waals surface area contributed by atoms with Crippen molar-refractivity contribution < 1.29 is 22.7 Å². The molecule has 1 aliphatic rings. The first-order chi connectivity index (χ1) is 16.8. The lowest BCUT2D eigenvalue weighted by Gasteiger charge is -2.27. The third-order valence-corrected chi connectivity index (χ3v) is 6.57. The number of nitrogens with one attached hydrogen (secondary N) is 2. The molecule has 0 saturated carbocycles. The first-order valence-electron chi connectivity index (χ1n) is 11.0. The van der Waals surface area contributed by atoms with Crippen molar-refractivity contribution >= 4 is 49.4 Å². The van der Waals surface area contributed by atoms with Gasteiger partial charge in [0.25, 0.3) is 5.91 Å². The average molecular weight is 503 g/mol. The van der Waals surface area contributed by atoms with Crippen molar-refractivity contribution in [3.05, 3.63) is 47.5 Å². The van der Waals surface area contributed by atoms with Gasteiger partial charge in [0.15, 0.2) is 0 Å². The number of rotatable bonds is 5. The number of nitrogens with zero attached hydrogens (tertiary/aromatic N) is 4. The second kappa shape index (κ2) is 9.27. The van der Waals surface area contributed by atoms with Crippen LogP contribution in [0, 0.1) is 0 Å². The summed E-state index contributed by atoms with van der Waals surface area (Å²) in [6.45, 7) is 4.76. The molecule has 5 rings (SSSR count). The lowest BCUT2D eigenvalue weighted by atomic mass is 10.1. The van der Waals surface area contributed by atoms with Crippen LogP contribution >= 0.6 is 11.3 Å². The second-order valence-electron chi connectivity index (χ2n) is 7.83. The van der Waals surface area contributed by atoms with Gasteiger partial charge in [-0.15, -0.1) is 11.3 Å². The molecule has 1 aliphatic heterocycles. The van der Waals surface area contributed by atoms with Crippen LogP contribution in [0.3, 0.4) is 0 Å². The van der Waals surface area contributed by atoms with Gasteiger partial charge in [-0.05, 0) is 25.1 Å². The number of amides is 1. The lowest BCUT2D eigenvalue weighted by Crippen LogP contribution is -2.44. The van der Waals surface area contributed by atoms with Crippen LogP contribution in [0.15, 0.2) is 36.4 Å². The summed E-state index contributed by atoms with van der Waals surface area (Å²) < 4.78 is 48.8. The van der Waals surface area contributed by atoms with E-state index < -0.39 is 17.6 Å². The monoisotopic (exact) mass is 502 g/mol. The number of hydrogen-bond donors (Lipinski definition) is 2. The summed E-state index contributed by atoms with van der Waals surface area (Å²) in [5.41, 5.74) is -0.480. The Morgan fingerprint density at radius 3 is 2.60 bits per heavy atom. The van der Waals surface area contributed by atoms with Gasteiger partial charge >= 0.3 is 6.18 Å². The molecule has 8 nitrogen and oxygen atoms in total. The first kappa shape index (κ1) is 23.2. The zero-order chi connectivity index (χ0) is 24.6. The standard InChI is InChI=1S/C23H21F3N6O2S/c1-2-34-20-18-17(30-22(31-20)32-10-8-27-9-11-32)16-14(23(24,25)26)12-15(29-21(16)35-18)28-19(33)13-6-4-3-5-7-13/h3-7,12,27H,2,8-11H2,1H3,(H,28,29,33). The molecule has 4 heterocycles. The normalized spacial score (nSPS) is 14.5. The van der Waals surface area contributed by atoms with Crippen LogP contribution in [-0.2, 0) is 6.18 Å². The number of carbonyl (C=O) groups is 1. The molecule has 1 amide bonds. The topological polar surface area (TPSA) is 92.3 Å². The Bertz CT molecular complexity index is 1390. The van der Waals surface area contributed by atoms with Crippen molar-refractivity contribution in [1.82, 2.24) is 20.3 Å². The summed E-state index contributed by atoms with van der Waals surface area (Å²) in [4.78, 5) is 27.9. The maximum Gasteiger partial charge on any atom is 0.417 e. The summed E-state index contributed by atoms with van der Waals surface area (Å²) in [6.07, 6.45) is -4.70. The van der Waals surface area contributed by atoms with Gasteiger partial charge in [0, 0.05) is 31.7 Å². The highest BCUT2D eigenvalue weighted by atomic mass is 32.1. The fourth-order valence-electron chi connectivity index (χ4n) is 3.91. The van der Waals surface area contributed by atoms with E-state index in [9.17, 15) is 18.0 Å². The van der Waals surface area contributed by atoms with E-state index in [1.807, 2.05) is 4.90 Å². The van der Waals surface area contributed by atoms with E-state index in [-0.39, 0.29) is 27.4 Å². The molecule has 3 aromatic heterocycles. The fourth-order valence-corrected chi connectivity index (χ4v) is 4.99. The molecule has 12 heteroatoms. The number of carbonyl (C=O) groups excluding carboxylic acids is 1. The van der Waals surface area contributed by atoms with Crippen LogP contribution in [0.2, 0.25) is 0 Å². The second-order valence-corrected chi connectivity index (χ2v) is 8.83. The van der Waals surface area contributed by atoms with Gasteiger partial charge in [-0.3, -0.25) is 4.79 Å². The number of fused-ring (bicyclic) bond motifs is 3. The van der Waals surface area contributed by atoms with Crippen molar-refractivity contribution in [3.8, 4) is 5.88 Å². The Morgan fingerprint density at radius 1 is 1.17 bits per heavy atom. The van der Waals surface area contributed by atoms with Crippen molar-refractivity contribution in [3.63, 3.8) is 0 Å². The van der Waals surface area contributed by atoms with Crippen molar-refractivity contribution in [2.45, 2.75) is 13.1 Å². The molecule has 4 aromatic rings. The van der Waals surface area contributed by atoms with Gasteiger partial charge in [-0.2, -0.15) is 18.2 Å². The summed E-state index contributed by atoms with van der Waals surface area (Å²) in [5.74, 6) is -0.213. The molecular formula is C23H21F3N6O2S. The summed E-state index contributed by atoms with van der Waals surface area (Å²) in [7, 11) is 0. The lowest BCUT2D eigenvalue weighted by molar-refractivity contribution is -0.136. The first-order valence-corrected chi connectivity index (χ1v) is 11.8. The van der Waals surface area contributed by atoms with E-state index in [4.69, 9.17) is 4.74 Å². The van der Waals surface area contributed by atoms with Gasteiger partial charge in [-0.1, -0.05) is 18.2 Å². The van der Waals surface area contributed by atoms with Crippen LogP contribution in [-0.4, -0.2) is 53.6 Å². The number of anilines is 2. The molecule has 0 atom stereocenters. The highest BCUT2D eigenvalue weighted by Gasteiger charge is 2.36. The smallest absolute Gasteiger partial charge is 0.417 e. The van der Waals surface area contributed by atoms with Gasteiger partial charge in [-0.25, -0.2) is 9.97 Å². The molecule has 0 aliphatic carbocycles. The number of alkyl halides is 3. The zero-order valence-electron chi connectivity index (χ0n) is 18.6. The van der Waals surface area contributed by atoms with E-state index in [2.05, 4.69) is 25.6 Å². The molecule has 35 heavy (non-hydrogen) atoms. The van der Waals surface area contributed by atoms with Gasteiger partial charge in [0.1, 0.15) is 20.9 Å². The summed E-state index contributed by atoms with van der Waals surface area (Å²) >= 11 is 1.01. The minimum absolute atomic E-state index is 0.0888. The maximum atomic E-state index is 14.2. The Kier molecular flexibility index (Phi) is 6.15. The number of pyridine rings is 1. The number of benzene rings is 1.